The number of rotatable bonds is 10. The molecule has 25 rings (SSSR count). The van der Waals surface area contributed by atoms with Gasteiger partial charge in [0.05, 0.1) is 44.1 Å². The zero-order valence-electron chi connectivity index (χ0n) is 82.6. The highest BCUT2D eigenvalue weighted by atomic mass is 16.3. The van der Waals surface area contributed by atoms with Gasteiger partial charge in [0, 0.05) is 104 Å². The molecule has 0 unspecified atom stereocenters. The normalized spacial score (nSPS) is 11.9. The van der Waals surface area contributed by atoms with E-state index in [0.29, 0.717) is 35.5 Å². The van der Waals surface area contributed by atoms with Crippen molar-refractivity contribution in [1.82, 2.24) is 18.3 Å². The summed E-state index contributed by atoms with van der Waals surface area (Å²) >= 11 is 0. The highest BCUT2D eigenvalue weighted by Crippen LogP contribution is 2.45. The van der Waals surface area contributed by atoms with Gasteiger partial charge in [0.1, 0.15) is 22.3 Å². The van der Waals surface area contributed by atoms with Crippen LogP contribution in [0.2, 0.25) is 0 Å². The standard InChI is InChI=1S/4C21H19N.C18H19N.2C15H14O/c1-15(2)17-12-8-13-19-18-11-6-7-14-20(18)22(21(17)19)16-9-4-3-5-10-16;1-15(2)17-12-8-14-20-21(17)18-11-6-7-13-19(18)22(20)16-9-4-3-5-10-16;1-15(2)16-12-13-21-19(14-16)18-10-6-7-11-20(18)22(21)17-8-4-3-5-9-17;1-15(2)16-12-13-19-18-10-6-7-11-20(18)22(21(19)14-16)17-8-4-3-5-9-17;1-18(2,3)19-16-10-6-4-8-14(16)12-13-15-9-5-7-11-17(15)19;1-10(2)11-7-5-9-14-15(11)12-6-3-4-8-13(12)16-14;1-10(2)11-7-8-15-13(9-11)12-5-3-4-6-14(12)16-15/h4*3-15H,1-2H3;4-13H,1-3H3;2*3-10H,1-2H3. The van der Waals surface area contributed by atoms with E-state index in [1.165, 1.54) is 187 Å². The summed E-state index contributed by atoms with van der Waals surface area (Å²) in [5.41, 5.74) is 32.5. The Morgan fingerprint density at radius 1 is 0.201 bits per heavy atom. The number of para-hydroxylation sites is 13. The highest BCUT2D eigenvalue weighted by molar-refractivity contribution is 6.14. The molecule has 0 saturated carbocycles. The van der Waals surface area contributed by atoms with Crippen molar-refractivity contribution in [2.24, 2.45) is 0 Å². The average Bonchev–Trinajstić information content (AvgIpc) is 1.59. The summed E-state index contributed by atoms with van der Waals surface area (Å²) in [5.74, 6) is 3.16. The van der Waals surface area contributed by atoms with Gasteiger partial charge < -0.3 is 32.0 Å². The minimum absolute atomic E-state index is 0.0399. The molecule has 1 aliphatic rings. The SMILES string of the molecule is CC(C)(C)N1c2ccccc2C=Cc2ccccc21.CC(C)c1ccc2c(c1)c1ccccc1n2-c1ccccc1.CC(C)c1ccc2c3ccccc3n(-c3ccccc3)c2c1.CC(C)c1ccc2oc3ccccc3c2c1.CC(C)c1cccc2c1c1ccccc1n2-c1ccccc1.CC(C)c1cccc2c3ccccc3n(-c3ccccc3)c12.CC(C)c1cccc2oc3ccccc3c12. The Kier molecular flexibility index (Phi) is 26.8. The Hall–Kier alpha value is -15.7. The van der Waals surface area contributed by atoms with E-state index >= 15 is 0 Å². The van der Waals surface area contributed by atoms with Crippen LogP contribution in [0.25, 0.3) is 166 Å². The number of hydrogen-bond acceptors (Lipinski definition) is 3. The van der Waals surface area contributed by atoms with E-state index in [1.54, 1.807) is 0 Å². The van der Waals surface area contributed by atoms with Crippen LogP contribution in [0.4, 0.5) is 11.4 Å². The molecule has 0 bridgehead atoms. The molecule has 6 aromatic heterocycles. The predicted molar refractivity (Wildman–Crippen MR) is 599 cm³/mol. The van der Waals surface area contributed by atoms with Gasteiger partial charge >= 0.3 is 0 Å². The third-order valence-electron chi connectivity index (χ3n) is 27.1. The van der Waals surface area contributed by atoms with Crippen molar-refractivity contribution in [3.63, 3.8) is 0 Å². The largest absolute Gasteiger partial charge is 0.456 e. The first-order chi connectivity index (χ1) is 67.6. The van der Waals surface area contributed by atoms with Gasteiger partial charge in [-0.25, -0.2) is 0 Å². The molecule has 0 fully saturated rings. The maximum Gasteiger partial charge on any atom is 0.135 e. The molecule has 0 amide bonds. The number of hydrogen-bond donors (Lipinski definition) is 0. The minimum atomic E-state index is 0.0399. The molecule has 0 saturated heterocycles. The lowest BCUT2D eigenvalue weighted by Gasteiger charge is -2.38. The molecule has 24 aromatic rings. The highest BCUT2D eigenvalue weighted by Gasteiger charge is 2.29. The Labute approximate surface area is 817 Å². The van der Waals surface area contributed by atoms with Gasteiger partial charge in [-0.2, -0.15) is 0 Å². The number of fused-ring (bicyclic) bond motifs is 20. The smallest absolute Gasteiger partial charge is 0.135 e. The second-order valence-electron chi connectivity index (χ2n) is 39.3. The van der Waals surface area contributed by atoms with Crippen LogP contribution in [-0.2, 0) is 0 Å². The van der Waals surface area contributed by atoms with Crippen molar-refractivity contribution < 1.29 is 8.83 Å². The minimum Gasteiger partial charge on any atom is -0.456 e. The van der Waals surface area contributed by atoms with Gasteiger partial charge in [0.2, 0.25) is 0 Å². The summed E-state index contributed by atoms with van der Waals surface area (Å²) in [6.07, 6.45) is 4.42. The zero-order valence-corrected chi connectivity index (χ0v) is 82.6. The van der Waals surface area contributed by atoms with Crippen molar-refractivity contribution in [2.45, 2.75) is 145 Å². The van der Waals surface area contributed by atoms with Crippen LogP contribution in [0.5, 0.6) is 0 Å². The fraction of sp³-hybridized carbons (Fsp3) is 0.167. The Balaban J connectivity index is 0.000000104. The first kappa shape index (κ1) is 92.4. The Bertz CT molecular complexity index is 8380. The lowest BCUT2D eigenvalue weighted by molar-refractivity contribution is 0.560. The topological polar surface area (TPSA) is 49.2 Å². The number of benzene rings is 18. The molecule has 139 heavy (non-hydrogen) atoms. The molecule has 0 N–H and O–H groups in total. The summed E-state index contributed by atoms with van der Waals surface area (Å²) in [6.45, 7) is 33.7. The third-order valence-corrected chi connectivity index (χ3v) is 27.1. The molecule has 688 valence electrons. The molecule has 0 aliphatic carbocycles. The number of nitrogens with zero attached hydrogens (tertiary/aromatic N) is 5. The van der Waals surface area contributed by atoms with Crippen molar-refractivity contribution in [3.8, 4) is 22.7 Å². The molecule has 18 aromatic carbocycles. The van der Waals surface area contributed by atoms with Gasteiger partial charge in [-0.05, 0) is 240 Å². The fourth-order valence-corrected chi connectivity index (χ4v) is 20.2. The first-order valence-corrected chi connectivity index (χ1v) is 49.4. The predicted octanol–water partition coefficient (Wildman–Crippen LogP) is 38.2. The molecule has 1 aliphatic heterocycles. The van der Waals surface area contributed by atoms with Crippen LogP contribution in [-0.4, -0.2) is 23.8 Å². The van der Waals surface area contributed by atoms with Crippen LogP contribution in [0.15, 0.2) is 433 Å². The van der Waals surface area contributed by atoms with E-state index in [-0.39, 0.29) is 5.54 Å². The number of furan rings is 2. The van der Waals surface area contributed by atoms with E-state index in [2.05, 4.69) is 533 Å². The van der Waals surface area contributed by atoms with Gasteiger partial charge in [-0.15, -0.1) is 0 Å². The van der Waals surface area contributed by atoms with Gasteiger partial charge in [-0.3, -0.25) is 0 Å². The second-order valence-corrected chi connectivity index (χ2v) is 39.3. The fourth-order valence-electron chi connectivity index (χ4n) is 20.2. The molecule has 0 spiro atoms. The molecular formula is C132H123N5O2. The first-order valence-electron chi connectivity index (χ1n) is 49.4. The van der Waals surface area contributed by atoms with Crippen molar-refractivity contribution in [2.75, 3.05) is 4.90 Å². The monoisotopic (exact) mass is 1810 g/mol. The molecule has 0 radical (unpaired) electrons. The van der Waals surface area contributed by atoms with Gasteiger partial charge in [0.25, 0.3) is 0 Å². The van der Waals surface area contributed by atoms with E-state index in [9.17, 15) is 0 Å². The van der Waals surface area contributed by atoms with Crippen LogP contribution in [0.1, 0.15) is 184 Å². The Morgan fingerprint density at radius 3 is 1.05 bits per heavy atom. The molecular weight excluding hydrogens is 1690 g/mol. The average molecular weight is 1810 g/mol. The van der Waals surface area contributed by atoms with Crippen LogP contribution in [0, 0.1) is 0 Å². The molecule has 7 heterocycles. The lowest BCUT2D eigenvalue weighted by Crippen LogP contribution is -2.38. The summed E-state index contributed by atoms with van der Waals surface area (Å²) in [7, 11) is 0. The number of anilines is 2. The summed E-state index contributed by atoms with van der Waals surface area (Å²) < 4.78 is 21.1. The van der Waals surface area contributed by atoms with Gasteiger partial charge in [-0.1, -0.05) is 380 Å². The van der Waals surface area contributed by atoms with Gasteiger partial charge in [0.15, 0.2) is 0 Å². The maximum absolute atomic E-state index is 5.84. The molecule has 7 nitrogen and oxygen atoms in total. The van der Waals surface area contributed by atoms with Crippen molar-refractivity contribution in [1.29, 1.82) is 0 Å². The van der Waals surface area contributed by atoms with Crippen LogP contribution < -0.4 is 4.90 Å². The van der Waals surface area contributed by atoms with E-state index in [0.717, 1.165) is 22.3 Å². The number of aromatic nitrogens is 4. The lowest BCUT2D eigenvalue weighted by atomic mass is 9.97. The van der Waals surface area contributed by atoms with E-state index < -0.39 is 0 Å². The summed E-state index contributed by atoms with van der Waals surface area (Å²) in [5, 5.41) is 15.6. The zero-order chi connectivity index (χ0) is 96.1. The summed E-state index contributed by atoms with van der Waals surface area (Å²) in [6, 6.07) is 151. The third kappa shape index (κ3) is 18.6. The van der Waals surface area contributed by atoms with Crippen molar-refractivity contribution >= 4 is 155 Å². The van der Waals surface area contributed by atoms with E-state index in [1.807, 2.05) is 30.3 Å². The molecule has 0 atom stereocenters. The van der Waals surface area contributed by atoms with Crippen LogP contribution in [0.3, 0.4) is 0 Å². The van der Waals surface area contributed by atoms with E-state index in [4.69, 9.17) is 8.83 Å². The Morgan fingerprint density at radius 2 is 0.525 bits per heavy atom. The summed E-state index contributed by atoms with van der Waals surface area (Å²) in [4.78, 5) is 2.43. The maximum atomic E-state index is 5.84. The quantitative estimate of drug-likeness (QED) is 0.137. The second kappa shape index (κ2) is 40.3. The van der Waals surface area contributed by atoms with Crippen LogP contribution >= 0.6 is 0 Å². The molecule has 7 heteroatoms. The van der Waals surface area contributed by atoms with Crippen molar-refractivity contribution in [3.05, 3.63) is 469 Å².